The molecule has 23 heavy (non-hydrogen) atoms. The van der Waals surface area contributed by atoms with Crippen molar-refractivity contribution in [2.75, 3.05) is 50.9 Å². The molecule has 134 valence electrons. The maximum atomic E-state index is 12.0. The molecule has 2 atom stereocenters. The van der Waals surface area contributed by atoms with Crippen LogP contribution in [0.15, 0.2) is 0 Å². The van der Waals surface area contributed by atoms with Gasteiger partial charge in [-0.15, -0.1) is 0 Å². The average molecular weight is 347 g/mol. The number of carbonyl (C=O) groups is 1. The average Bonchev–Trinajstić information content (AvgIpc) is 2.85. The molecule has 0 radical (unpaired) electrons. The van der Waals surface area contributed by atoms with E-state index in [1.807, 2.05) is 0 Å². The molecule has 2 amide bonds. The molecule has 2 N–H and O–H groups in total. The van der Waals surface area contributed by atoms with Gasteiger partial charge >= 0.3 is 6.03 Å². The molecule has 2 aliphatic rings. The molecule has 2 fully saturated rings. The fourth-order valence-electron chi connectivity index (χ4n) is 3.23. The minimum atomic E-state index is -2.89. The van der Waals surface area contributed by atoms with Gasteiger partial charge in [0.2, 0.25) is 0 Å². The molecule has 2 saturated heterocycles. The van der Waals surface area contributed by atoms with Crippen LogP contribution >= 0.6 is 0 Å². The van der Waals surface area contributed by atoms with Gasteiger partial charge in [-0.3, -0.25) is 4.90 Å². The summed E-state index contributed by atoms with van der Waals surface area (Å²) in [6.07, 6.45) is 0.644. The number of rotatable bonds is 6. The van der Waals surface area contributed by atoms with E-state index in [9.17, 15) is 13.2 Å². The maximum absolute atomic E-state index is 12.0. The number of hydrogen-bond acceptors (Lipinski definition) is 5. The minimum Gasteiger partial charge on any atom is -0.379 e. The smallest absolute Gasteiger partial charge is 0.314 e. The summed E-state index contributed by atoms with van der Waals surface area (Å²) in [6.45, 7) is 8.60. The van der Waals surface area contributed by atoms with Gasteiger partial charge < -0.3 is 15.4 Å². The molecule has 2 rings (SSSR count). The third-order valence-corrected chi connectivity index (χ3v) is 6.47. The summed E-state index contributed by atoms with van der Waals surface area (Å²) < 4.78 is 28.2. The van der Waals surface area contributed by atoms with Crippen molar-refractivity contribution in [2.45, 2.75) is 26.3 Å². The molecule has 2 heterocycles. The highest BCUT2D eigenvalue weighted by Crippen LogP contribution is 2.17. The minimum absolute atomic E-state index is 0.0471. The molecule has 0 aromatic rings. The first-order valence-corrected chi connectivity index (χ1v) is 10.2. The number of urea groups is 1. The SMILES string of the molecule is CC(C)[C@@H](CNC(=O)NC[C@H]1CCS(=O)(=O)C1)N1CCOCC1. The fourth-order valence-corrected chi connectivity index (χ4v) is 5.09. The molecule has 0 spiro atoms. The van der Waals surface area contributed by atoms with E-state index in [0.717, 1.165) is 26.3 Å². The Morgan fingerprint density at radius 3 is 2.52 bits per heavy atom. The van der Waals surface area contributed by atoms with Gasteiger partial charge in [0.25, 0.3) is 0 Å². The molecular formula is C15H29N3O4S. The summed E-state index contributed by atoms with van der Waals surface area (Å²) in [7, 11) is -2.89. The van der Waals surface area contributed by atoms with Crippen LogP contribution in [0.2, 0.25) is 0 Å². The molecule has 0 saturated carbocycles. The van der Waals surface area contributed by atoms with Crippen molar-refractivity contribution in [1.82, 2.24) is 15.5 Å². The first-order valence-electron chi connectivity index (χ1n) is 8.41. The van der Waals surface area contributed by atoms with Crippen molar-refractivity contribution in [3.05, 3.63) is 0 Å². The van der Waals surface area contributed by atoms with E-state index in [-0.39, 0.29) is 29.5 Å². The highest BCUT2D eigenvalue weighted by molar-refractivity contribution is 7.91. The zero-order valence-corrected chi connectivity index (χ0v) is 14.9. The Morgan fingerprint density at radius 1 is 1.26 bits per heavy atom. The molecule has 0 aliphatic carbocycles. The number of carbonyl (C=O) groups excluding carboxylic acids is 1. The molecule has 0 aromatic carbocycles. The van der Waals surface area contributed by atoms with E-state index < -0.39 is 9.84 Å². The van der Waals surface area contributed by atoms with Crippen LogP contribution in [0.1, 0.15) is 20.3 Å². The van der Waals surface area contributed by atoms with Crippen molar-refractivity contribution in [1.29, 1.82) is 0 Å². The zero-order valence-electron chi connectivity index (χ0n) is 14.1. The Labute approximate surface area is 139 Å². The molecule has 0 unspecified atom stereocenters. The molecule has 7 nitrogen and oxygen atoms in total. The number of morpholine rings is 1. The van der Waals surface area contributed by atoms with Gasteiger partial charge in [0, 0.05) is 32.2 Å². The summed E-state index contributed by atoms with van der Waals surface area (Å²) in [5.41, 5.74) is 0. The normalized spacial score (nSPS) is 26.1. The van der Waals surface area contributed by atoms with E-state index in [1.165, 1.54) is 0 Å². The van der Waals surface area contributed by atoms with Gasteiger partial charge in [-0.25, -0.2) is 13.2 Å². The fraction of sp³-hybridized carbons (Fsp3) is 0.933. The molecule has 0 aromatic heterocycles. The second-order valence-corrected chi connectivity index (χ2v) is 9.05. The monoisotopic (exact) mass is 347 g/mol. The maximum Gasteiger partial charge on any atom is 0.314 e. The third kappa shape index (κ3) is 5.93. The van der Waals surface area contributed by atoms with Gasteiger partial charge in [-0.1, -0.05) is 13.8 Å². The van der Waals surface area contributed by atoms with Crippen molar-refractivity contribution < 1.29 is 17.9 Å². The van der Waals surface area contributed by atoms with E-state index in [1.54, 1.807) is 0 Å². The van der Waals surface area contributed by atoms with Gasteiger partial charge in [0.05, 0.1) is 24.7 Å². The van der Waals surface area contributed by atoms with Crippen LogP contribution in [0.25, 0.3) is 0 Å². The highest BCUT2D eigenvalue weighted by atomic mass is 32.2. The van der Waals surface area contributed by atoms with Crippen LogP contribution in [0, 0.1) is 11.8 Å². The van der Waals surface area contributed by atoms with E-state index in [0.29, 0.717) is 25.4 Å². The number of ether oxygens (including phenoxy) is 1. The standard InChI is InChI=1S/C15H29N3O4S/c1-12(2)14(18-4-6-22-7-5-18)10-17-15(19)16-9-13-3-8-23(20,21)11-13/h12-14H,3-11H2,1-2H3,(H2,16,17,19)/t13-,14-/m1/s1. The van der Waals surface area contributed by atoms with Crippen LogP contribution < -0.4 is 10.6 Å². The van der Waals surface area contributed by atoms with Crippen molar-refractivity contribution >= 4 is 15.9 Å². The molecule has 2 aliphatic heterocycles. The van der Waals surface area contributed by atoms with Gasteiger partial charge in [0.1, 0.15) is 0 Å². The van der Waals surface area contributed by atoms with Crippen molar-refractivity contribution in [3.63, 3.8) is 0 Å². The van der Waals surface area contributed by atoms with Crippen LogP contribution in [0.5, 0.6) is 0 Å². The number of amides is 2. The zero-order chi connectivity index (χ0) is 16.9. The highest BCUT2D eigenvalue weighted by Gasteiger charge is 2.28. The van der Waals surface area contributed by atoms with E-state index >= 15 is 0 Å². The largest absolute Gasteiger partial charge is 0.379 e. The lowest BCUT2D eigenvalue weighted by Crippen LogP contribution is -2.52. The Hall–Kier alpha value is -0.860. The Kier molecular flexibility index (Phi) is 6.67. The molecular weight excluding hydrogens is 318 g/mol. The van der Waals surface area contributed by atoms with E-state index in [2.05, 4.69) is 29.4 Å². The van der Waals surface area contributed by atoms with Crippen molar-refractivity contribution in [2.24, 2.45) is 11.8 Å². The predicted molar refractivity (Wildman–Crippen MR) is 89.2 cm³/mol. The van der Waals surface area contributed by atoms with Crippen LogP contribution in [0.4, 0.5) is 4.79 Å². The van der Waals surface area contributed by atoms with Crippen LogP contribution in [-0.4, -0.2) is 76.3 Å². The van der Waals surface area contributed by atoms with Gasteiger partial charge in [-0.05, 0) is 18.3 Å². The summed E-state index contributed by atoms with van der Waals surface area (Å²) in [4.78, 5) is 14.3. The van der Waals surface area contributed by atoms with Crippen LogP contribution in [-0.2, 0) is 14.6 Å². The molecule has 0 bridgehead atoms. The summed E-state index contributed by atoms with van der Waals surface area (Å²) in [5, 5.41) is 5.73. The number of nitrogens with one attached hydrogen (secondary N) is 2. The second kappa shape index (κ2) is 8.30. The predicted octanol–water partition coefficient (Wildman–Crippen LogP) is 0.0771. The lowest BCUT2D eigenvalue weighted by atomic mass is 10.0. The summed E-state index contributed by atoms with van der Waals surface area (Å²) in [5.74, 6) is 0.919. The van der Waals surface area contributed by atoms with E-state index in [4.69, 9.17) is 4.74 Å². The Balaban J connectivity index is 1.71. The number of nitrogens with zero attached hydrogens (tertiary/aromatic N) is 1. The lowest BCUT2D eigenvalue weighted by Gasteiger charge is -2.36. The second-order valence-electron chi connectivity index (χ2n) is 6.82. The van der Waals surface area contributed by atoms with Gasteiger partial charge in [-0.2, -0.15) is 0 Å². The Morgan fingerprint density at radius 2 is 1.96 bits per heavy atom. The van der Waals surface area contributed by atoms with Crippen LogP contribution in [0.3, 0.4) is 0 Å². The number of sulfone groups is 1. The topological polar surface area (TPSA) is 87.7 Å². The first-order chi connectivity index (χ1) is 10.9. The number of hydrogen-bond donors (Lipinski definition) is 2. The Bertz CT molecular complexity index is 489. The quantitative estimate of drug-likeness (QED) is 0.710. The molecule has 8 heteroatoms. The summed E-state index contributed by atoms with van der Waals surface area (Å²) >= 11 is 0. The third-order valence-electron chi connectivity index (χ3n) is 4.63. The first kappa shape index (κ1) is 18.5. The summed E-state index contributed by atoms with van der Waals surface area (Å²) in [6, 6.07) is 0.0738. The van der Waals surface area contributed by atoms with Crippen molar-refractivity contribution in [3.8, 4) is 0 Å². The lowest BCUT2D eigenvalue weighted by molar-refractivity contribution is 0.00719. The van der Waals surface area contributed by atoms with Gasteiger partial charge in [0.15, 0.2) is 9.84 Å².